The van der Waals surface area contributed by atoms with Crippen LogP contribution >= 0.6 is 0 Å². The van der Waals surface area contributed by atoms with E-state index in [0.29, 0.717) is 6.04 Å². The molecule has 0 fully saturated rings. The predicted molar refractivity (Wildman–Crippen MR) is 103 cm³/mol. The maximum absolute atomic E-state index is 4.66. The summed E-state index contributed by atoms with van der Waals surface area (Å²) < 4.78 is 0. The summed E-state index contributed by atoms with van der Waals surface area (Å²) in [5, 5.41) is 4.53. The van der Waals surface area contributed by atoms with E-state index in [1.54, 1.807) is 6.33 Å². The number of pyridine rings is 1. The fourth-order valence-electron chi connectivity index (χ4n) is 4.14. The van der Waals surface area contributed by atoms with Gasteiger partial charge in [0.25, 0.3) is 0 Å². The zero-order valence-corrected chi connectivity index (χ0v) is 14.9. The van der Waals surface area contributed by atoms with E-state index in [-0.39, 0.29) is 0 Å². The van der Waals surface area contributed by atoms with Crippen LogP contribution in [-0.4, -0.2) is 32.5 Å². The van der Waals surface area contributed by atoms with Crippen LogP contribution in [0.1, 0.15) is 36.7 Å². The highest BCUT2D eigenvalue weighted by Crippen LogP contribution is 2.35. The molecule has 3 aromatic rings. The van der Waals surface area contributed by atoms with Crippen molar-refractivity contribution < 1.29 is 0 Å². The van der Waals surface area contributed by atoms with Gasteiger partial charge in [-0.15, -0.1) is 0 Å². The SMILES string of the molecule is C[C@@H]1Cc2ncnc(C3=CNCCC3)c2CN1c1ccnc2[nH]ccc12. The molecule has 132 valence electrons. The smallest absolute Gasteiger partial charge is 0.139 e. The maximum Gasteiger partial charge on any atom is 0.139 e. The topological polar surface area (TPSA) is 69.7 Å². The molecule has 26 heavy (non-hydrogen) atoms. The first-order valence-electron chi connectivity index (χ1n) is 9.25. The van der Waals surface area contributed by atoms with Gasteiger partial charge < -0.3 is 15.2 Å². The molecule has 2 aliphatic heterocycles. The molecule has 0 bridgehead atoms. The summed E-state index contributed by atoms with van der Waals surface area (Å²) in [7, 11) is 0. The van der Waals surface area contributed by atoms with Crippen molar-refractivity contribution in [2.24, 2.45) is 0 Å². The Hall–Kier alpha value is -2.89. The zero-order valence-electron chi connectivity index (χ0n) is 14.9. The maximum atomic E-state index is 4.66. The number of H-pyrrole nitrogens is 1. The Balaban J connectivity index is 1.59. The molecule has 0 unspecified atom stereocenters. The molecule has 0 saturated heterocycles. The van der Waals surface area contributed by atoms with E-state index in [0.717, 1.165) is 43.7 Å². The standard InChI is InChI=1S/C20H22N6/c1-13-9-17-16(19(25-12-24-17)14-3-2-6-21-10-14)11-26(13)18-5-8-23-20-15(18)4-7-22-20/h4-5,7-8,10,12-13,21H,2-3,6,9,11H2,1H3,(H,22,23)/t13-/m1/s1. The highest BCUT2D eigenvalue weighted by atomic mass is 15.2. The van der Waals surface area contributed by atoms with Crippen LogP contribution in [0.5, 0.6) is 0 Å². The summed E-state index contributed by atoms with van der Waals surface area (Å²) in [6.07, 6.45) is 10.8. The molecule has 0 aliphatic carbocycles. The average Bonchev–Trinajstić information content (AvgIpc) is 3.16. The van der Waals surface area contributed by atoms with E-state index >= 15 is 0 Å². The number of aromatic amines is 1. The molecule has 6 nitrogen and oxygen atoms in total. The molecule has 2 N–H and O–H groups in total. The molecule has 5 rings (SSSR count). The van der Waals surface area contributed by atoms with Gasteiger partial charge in [-0.05, 0) is 37.5 Å². The average molecular weight is 346 g/mol. The van der Waals surface area contributed by atoms with E-state index in [2.05, 4.69) is 55.4 Å². The van der Waals surface area contributed by atoms with Gasteiger partial charge in [-0.1, -0.05) is 0 Å². The second-order valence-corrected chi connectivity index (χ2v) is 7.13. The molecule has 0 amide bonds. The molecule has 3 aromatic heterocycles. The Morgan fingerprint density at radius 1 is 1.19 bits per heavy atom. The van der Waals surface area contributed by atoms with Crippen LogP contribution in [0.25, 0.3) is 16.6 Å². The predicted octanol–water partition coefficient (Wildman–Crippen LogP) is 3.03. The number of fused-ring (bicyclic) bond motifs is 2. The zero-order chi connectivity index (χ0) is 17.5. The summed E-state index contributed by atoms with van der Waals surface area (Å²) >= 11 is 0. The minimum Gasteiger partial charge on any atom is -0.391 e. The van der Waals surface area contributed by atoms with Gasteiger partial charge in [0.15, 0.2) is 0 Å². The number of aromatic nitrogens is 4. The number of nitrogens with one attached hydrogen (secondary N) is 2. The summed E-state index contributed by atoms with van der Waals surface area (Å²) in [6.45, 7) is 4.14. The van der Waals surface area contributed by atoms with Crippen LogP contribution < -0.4 is 10.2 Å². The summed E-state index contributed by atoms with van der Waals surface area (Å²) in [6, 6.07) is 4.60. The number of anilines is 1. The molecular weight excluding hydrogens is 324 g/mol. The fraction of sp³-hybridized carbons (Fsp3) is 0.350. The molecular formula is C20H22N6. The lowest BCUT2D eigenvalue weighted by atomic mass is 9.93. The summed E-state index contributed by atoms with van der Waals surface area (Å²) in [5.74, 6) is 0. The first-order chi connectivity index (χ1) is 12.8. The monoisotopic (exact) mass is 346 g/mol. The minimum absolute atomic E-state index is 0.379. The second kappa shape index (κ2) is 6.12. The number of hydrogen-bond donors (Lipinski definition) is 2. The second-order valence-electron chi connectivity index (χ2n) is 7.13. The van der Waals surface area contributed by atoms with Crippen LogP contribution in [0.4, 0.5) is 5.69 Å². The third kappa shape index (κ3) is 2.44. The van der Waals surface area contributed by atoms with Gasteiger partial charge in [-0.3, -0.25) is 0 Å². The molecule has 6 heteroatoms. The van der Waals surface area contributed by atoms with Gasteiger partial charge in [-0.25, -0.2) is 15.0 Å². The van der Waals surface area contributed by atoms with Crippen LogP contribution in [0.2, 0.25) is 0 Å². The minimum atomic E-state index is 0.379. The number of hydrogen-bond acceptors (Lipinski definition) is 5. The van der Waals surface area contributed by atoms with Crippen LogP contribution in [0.15, 0.2) is 37.1 Å². The van der Waals surface area contributed by atoms with Gasteiger partial charge in [0.1, 0.15) is 12.0 Å². The van der Waals surface area contributed by atoms with Crippen molar-refractivity contribution in [1.29, 1.82) is 0 Å². The summed E-state index contributed by atoms with van der Waals surface area (Å²) in [4.78, 5) is 19.4. The molecule has 0 spiro atoms. The van der Waals surface area contributed by atoms with Gasteiger partial charge >= 0.3 is 0 Å². The third-order valence-electron chi connectivity index (χ3n) is 5.48. The molecule has 5 heterocycles. The molecule has 0 radical (unpaired) electrons. The van der Waals surface area contributed by atoms with E-state index in [9.17, 15) is 0 Å². The molecule has 2 aliphatic rings. The lowest BCUT2D eigenvalue weighted by Gasteiger charge is -2.37. The number of rotatable bonds is 2. The fourth-order valence-corrected chi connectivity index (χ4v) is 4.14. The van der Waals surface area contributed by atoms with Crippen molar-refractivity contribution in [3.8, 4) is 0 Å². The Morgan fingerprint density at radius 3 is 3.04 bits per heavy atom. The van der Waals surface area contributed by atoms with Crippen molar-refractivity contribution in [3.05, 3.63) is 54.0 Å². The van der Waals surface area contributed by atoms with Crippen molar-refractivity contribution in [1.82, 2.24) is 25.3 Å². The van der Waals surface area contributed by atoms with E-state index in [1.807, 2.05) is 12.4 Å². The van der Waals surface area contributed by atoms with Crippen LogP contribution in [-0.2, 0) is 13.0 Å². The van der Waals surface area contributed by atoms with Gasteiger partial charge in [0.2, 0.25) is 0 Å². The van der Waals surface area contributed by atoms with Gasteiger partial charge in [0.05, 0.1) is 11.4 Å². The van der Waals surface area contributed by atoms with Gasteiger partial charge in [-0.2, -0.15) is 0 Å². The van der Waals surface area contributed by atoms with Crippen molar-refractivity contribution >= 4 is 22.3 Å². The molecule has 1 atom stereocenters. The van der Waals surface area contributed by atoms with Crippen LogP contribution in [0.3, 0.4) is 0 Å². The lowest BCUT2D eigenvalue weighted by molar-refractivity contribution is 0.578. The van der Waals surface area contributed by atoms with Gasteiger partial charge in [0, 0.05) is 60.8 Å². The third-order valence-corrected chi connectivity index (χ3v) is 5.48. The first kappa shape index (κ1) is 15.4. The number of allylic oxidation sites excluding steroid dienone is 1. The largest absolute Gasteiger partial charge is 0.391 e. The van der Waals surface area contributed by atoms with E-state index in [4.69, 9.17) is 0 Å². The van der Waals surface area contributed by atoms with Crippen molar-refractivity contribution in [3.63, 3.8) is 0 Å². The van der Waals surface area contributed by atoms with E-state index < -0.39 is 0 Å². The Kier molecular flexibility index (Phi) is 3.62. The van der Waals surface area contributed by atoms with Crippen molar-refractivity contribution in [2.45, 2.75) is 38.8 Å². The Labute approximate surface area is 152 Å². The van der Waals surface area contributed by atoms with E-state index in [1.165, 1.54) is 27.9 Å². The Morgan fingerprint density at radius 2 is 2.15 bits per heavy atom. The Bertz CT molecular complexity index is 989. The molecule has 0 aromatic carbocycles. The summed E-state index contributed by atoms with van der Waals surface area (Å²) in [5.41, 5.74) is 7.01. The highest BCUT2D eigenvalue weighted by Gasteiger charge is 2.28. The number of nitrogens with zero attached hydrogens (tertiary/aromatic N) is 4. The quantitative estimate of drug-likeness (QED) is 0.746. The highest BCUT2D eigenvalue weighted by molar-refractivity contribution is 5.90. The molecule has 0 saturated carbocycles. The van der Waals surface area contributed by atoms with Crippen LogP contribution in [0, 0.1) is 0 Å². The first-order valence-corrected chi connectivity index (χ1v) is 9.25. The lowest BCUT2D eigenvalue weighted by Crippen LogP contribution is -2.39. The normalized spacial score (nSPS) is 19.8. The van der Waals surface area contributed by atoms with Crippen molar-refractivity contribution in [2.75, 3.05) is 11.4 Å².